The van der Waals surface area contributed by atoms with Crippen molar-refractivity contribution in [2.24, 2.45) is 5.92 Å². The molecule has 0 saturated carbocycles. The molecule has 3 nitrogen and oxygen atoms in total. The molecule has 118 valence electrons. The summed E-state index contributed by atoms with van der Waals surface area (Å²) >= 11 is 11.8. The molecule has 2 rings (SSSR count). The van der Waals surface area contributed by atoms with E-state index in [-0.39, 0.29) is 10.8 Å². The zero-order valence-corrected chi connectivity index (χ0v) is 14.5. The summed E-state index contributed by atoms with van der Waals surface area (Å²) in [5, 5.41) is 0.410. The Bertz CT molecular complexity index is 589. The molecule has 1 aromatic carbocycles. The number of halogens is 2. The third kappa shape index (κ3) is 3.92. The minimum absolute atomic E-state index is 0.260. The van der Waals surface area contributed by atoms with E-state index in [1.54, 1.807) is 16.4 Å². The molecule has 1 aromatic rings. The van der Waals surface area contributed by atoms with Crippen molar-refractivity contribution in [2.75, 3.05) is 13.1 Å². The molecule has 0 aromatic heterocycles. The van der Waals surface area contributed by atoms with Gasteiger partial charge in [0.25, 0.3) is 0 Å². The lowest BCUT2D eigenvalue weighted by Gasteiger charge is -2.20. The molecule has 0 amide bonds. The maximum Gasteiger partial charge on any atom is 0.243 e. The Morgan fingerprint density at radius 2 is 2.05 bits per heavy atom. The van der Waals surface area contributed by atoms with Crippen LogP contribution in [0, 0.1) is 5.92 Å². The normalized spacial score (nSPS) is 21.2. The lowest BCUT2D eigenvalue weighted by Crippen LogP contribution is -2.32. The largest absolute Gasteiger partial charge is 0.243 e. The average Bonchev–Trinajstić information content (AvgIpc) is 2.72. The Hall–Kier alpha value is -0.290. The quantitative estimate of drug-likeness (QED) is 0.760. The number of alkyl halides is 1. The smallest absolute Gasteiger partial charge is 0.207 e. The van der Waals surface area contributed by atoms with Crippen LogP contribution in [0.3, 0.4) is 0 Å². The molecule has 1 fully saturated rings. The first-order chi connectivity index (χ1) is 9.98. The fourth-order valence-corrected chi connectivity index (χ4v) is 4.87. The van der Waals surface area contributed by atoms with E-state index in [4.69, 9.17) is 23.2 Å². The van der Waals surface area contributed by atoms with E-state index in [1.165, 1.54) is 6.07 Å². The van der Waals surface area contributed by atoms with Crippen LogP contribution in [0.1, 0.15) is 38.2 Å². The van der Waals surface area contributed by atoms with Crippen LogP contribution in [0.25, 0.3) is 0 Å². The second-order valence-electron chi connectivity index (χ2n) is 5.50. The Kier molecular flexibility index (Phi) is 5.95. The highest BCUT2D eigenvalue weighted by Crippen LogP contribution is 2.27. The SMILES string of the molecule is CCC1CCCN(S(=O)(=O)c2ccc(CCl)c(Cl)c2)CC1. The Labute approximate surface area is 137 Å². The third-order valence-corrected chi connectivity index (χ3v) is 6.72. The van der Waals surface area contributed by atoms with Gasteiger partial charge in [0.2, 0.25) is 10.0 Å². The van der Waals surface area contributed by atoms with Crippen molar-refractivity contribution in [1.29, 1.82) is 0 Å². The molecule has 0 bridgehead atoms. The number of nitrogens with zero attached hydrogens (tertiary/aromatic N) is 1. The van der Waals surface area contributed by atoms with Crippen molar-refractivity contribution in [3.63, 3.8) is 0 Å². The molecule has 0 radical (unpaired) electrons. The van der Waals surface area contributed by atoms with Gasteiger partial charge in [0.15, 0.2) is 0 Å². The van der Waals surface area contributed by atoms with Crippen LogP contribution in [0.2, 0.25) is 5.02 Å². The zero-order valence-electron chi connectivity index (χ0n) is 12.2. The maximum atomic E-state index is 12.7. The molecule has 0 spiro atoms. The second-order valence-corrected chi connectivity index (χ2v) is 8.11. The highest BCUT2D eigenvalue weighted by atomic mass is 35.5. The van der Waals surface area contributed by atoms with Crippen LogP contribution in [0.4, 0.5) is 0 Å². The van der Waals surface area contributed by atoms with E-state index in [1.807, 2.05) is 0 Å². The first-order valence-electron chi connectivity index (χ1n) is 7.33. The summed E-state index contributed by atoms with van der Waals surface area (Å²) < 4.78 is 27.0. The summed E-state index contributed by atoms with van der Waals surface area (Å²) in [6.45, 7) is 3.35. The minimum atomic E-state index is -3.46. The lowest BCUT2D eigenvalue weighted by molar-refractivity contribution is 0.407. The maximum absolute atomic E-state index is 12.7. The van der Waals surface area contributed by atoms with Gasteiger partial charge in [0.05, 0.1) is 4.90 Å². The summed E-state index contributed by atoms with van der Waals surface area (Å²) in [5.74, 6) is 0.911. The molecule has 0 aliphatic carbocycles. The number of benzene rings is 1. The van der Waals surface area contributed by atoms with E-state index < -0.39 is 10.0 Å². The van der Waals surface area contributed by atoms with Crippen LogP contribution in [0.5, 0.6) is 0 Å². The fraction of sp³-hybridized carbons (Fsp3) is 0.600. The van der Waals surface area contributed by atoms with E-state index in [9.17, 15) is 8.42 Å². The topological polar surface area (TPSA) is 37.4 Å². The summed E-state index contributed by atoms with van der Waals surface area (Å²) in [7, 11) is -3.46. The van der Waals surface area contributed by atoms with E-state index >= 15 is 0 Å². The van der Waals surface area contributed by atoms with Gasteiger partial charge in [-0.25, -0.2) is 8.42 Å². The van der Waals surface area contributed by atoms with Gasteiger partial charge in [-0.05, 0) is 42.9 Å². The molecule has 0 N–H and O–H groups in total. The van der Waals surface area contributed by atoms with Gasteiger partial charge in [-0.15, -0.1) is 11.6 Å². The summed E-state index contributed by atoms with van der Waals surface area (Å²) in [5.41, 5.74) is 0.749. The Morgan fingerprint density at radius 1 is 1.29 bits per heavy atom. The van der Waals surface area contributed by atoms with Crippen molar-refractivity contribution in [2.45, 2.75) is 43.4 Å². The van der Waals surface area contributed by atoms with Crippen molar-refractivity contribution >= 4 is 33.2 Å². The van der Waals surface area contributed by atoms with Crippen LogP contribution in [-0.2, 0) is 15.9 Å². The van der Waals surface area contributed by atoms with E-state index in [0.717, 1.165) is 31.2 Å². The third-order valence-electron chi connectivity index (χ3n) is 4.19. The van der Waals surface area contributed by atoms with Crippen molar-refractivity contribution in [3.05, 3.63) is 28.8 Å². The van der Waals surface area contributed by atoms with Gasteiger partial charge in [-0.3, -0.25) is 0 Å². The Morgan fingerprint density at radius 3 is 2.67 bits per heavy atom. The van der Waals surface area contributed by atoms with Crippen LogP contribution in [0.15, 0.2) is 23.1 Å². The predicted molar refractivity (Wildman–Crippen MR) is 87.4 cm³/mol. The number of hydrogen-bond donors (Lipinski definition) is 0. The summed E-state index contributed by atoms with van der Waals surface area (Å²) in [4.78, 5) is 0.260. The molecular formula is C15H21Cl2NO2S. The van der Waals surface area contributed by atoms with Crippen LogP contribution in [-0.4, -0.2) is 25.8 Å². The molecule has 6 heteroatoms. The van der Waals surface area contributed by atoms with Crippen molar-refractivity contribution in [3.8, 4) is 0 Å². The summed E-state index contributed by atoms with van der Waals surface area (Å²) in [6, 6.07) is 4.80. The molecule has 1 atom stereocenters. The zero-order chi connectivity index (χ0) is 15.5. The molecule has 1 saturated heterocycles. The summed E-state index contributed by atoms with van der Waals surface area (Å²) in [6.07, 6.45) is 4.08. The van der Waals surface area contributed by atoms with Gasteiger partial charge in [0, 0.05) is 24.0 Å². The number of hydrogen-bond acceptors (Lipinski definition) is 2. The first kappa shape index (κ1) is 17.1. The number of rotatable bonds is 4. The van der Waals surface area contributed by atoms with Crippen molar-refractivity contribution in [1.82, 2.24) is 4.31 Å². The van der Waals surface area contributed by atoms with Gasteiger partial charge in [0.1, 0.15) is 0 Å². The minimum Gasteiger partial charge on any atom is -0.207 e. The average molecular weight is 350 g/mol. The van der Waals surface area contributed by atoms with Crippen molar-refractivity contribution < 1.29 is 8.42 Å². The lowest BCUT2D eigenvalue weighted by atomic mass is 9.98. The Balaban J connectivity index is 2.23. The number of sulfonamides is 1. The van der Waals surface area contributed by atoms with Crippen LogP contribution < -0.4 is 0 Å². The van der Waals surface area contributed by atoms with Gasteiger partial charge >= 0.3 is 0 Å². The molecular weight excluding hydrogens is 329 g/mol. The van der Waals surface area contributed by atoms with Gasteiger partial charge in [-0.2, -0.15) is 4.31 Å². The second kappa shape index (κ2) is 7.32. The molecule has 1 unspecified atom stereocenters. The van der Waals surface area contributed by atoms with Gasteiger partial charge in [-0.1, -0.05) is 31.0 Å². The monoisotopic (exact) mass is 349 g/mol. The van der Waals surface area contributed by atoms with E-state index in [2.05, 4.69) is 6.92 Å². The van der Waals surface area contributed by atoms with Crippen LogP contribution >= 0.6 is 23.2 Å². The van der Waals surface area contributed by atoms with Gasteiger partial charge < -0.3 is 0 Å². The highest BCUT2D eigenvalue weighted by Gasteiger charge is 2.27. The fourth-order valence-electron chi connectivity index (χ4n) is 2.73. The standard InChI is InChI=1S/C15H21Cl2NO2S/c1-2-12-4-3-8-18(9-7-12)21(19,20)14-6-5-13(11-16)15(17)10-14/h5-6,10,12H,2-4,7-9,11H2,1H3. The molecule has 1 aliphatic rings. The molecule has 21 heavy (non-hydrogen) atoms. The predicted octanol–water partition coefficient (Wildman–Crippen LogP) is 4.28. The molecule has 1 heterocycles. The molecule has 1 aliphatic heterocycles. The first-order valence-corrected chi connectivity index (χ1v) is 9.68. The van der Waals surface area contributed by atoms with E-state index in [0.29, 0.717) is 24.0 Å². The highest BCUT2D eigenvalue weighted by molar-refractivity contribution is 7.89.